The third-order valence-electron chi connectivity index (χ3n) is 4.97. The van der Waals surface area contributed by atoms with Gasteiger partial charge in [-0.05, 0) is 49.2 Å². The summed E-state index contributed by atoms with van der Waals surface area (Å²) in [6, 6.07) is 13.0. The molecular formula is C21H20ClFN4O2. The minimum Gasteiger partial charge on any atom is -0.349 e. The van der Waals surface area contributed by atoms with Crippen molar-refractivity contribution < 1.29 is 13.7 Å². The van der Waals surface area contributed by atoms with E-state index in [1.165, 1.54) is 24.3 Å². The van der Waals surface area contributed by atoms with Crippen LogP contribution in [-0.4, -0.2) is 40.1 Å². The largest absolute Gasteiger partial charge is 0.349 e. The first kappa shape index (κ1) is 19.5. The molecule has 1 saturated heterocycles. The summed E-state index contributed by atoms with van der Waals surface area (Å²) in [5.41, 5.74) is 1.21. The van der Waals surface area contributed by atoms with E-state index in [1.54, 1.807) is 6.07 Å². The van der Waals surface area contributed by atoms with Gasteiger partial charge in [0.25, 0.3) is 5.91 Å². The van der Waals surface area contributed by atoms with E-state index in [0.717, 1.165) is 31.5 Å². The highest BCUT2D eigenvalue weighted by atomic mass is 35.5. The molecule has 0 unspecified atom stereocenters. The second kappa shape index (κ2) is 8.71. The van der Waals surface area contributed by atoms with Gasteiger partial charge in [0.15, 0.2) is 0 Å². The van der Waals surface area contributed by atoms with E-state index in [4.69, 9.17) is 16.1 Å². The molecule has 2 heterocycles. The standard InChI is InChI=1S/C21H20ClFN4O2/c22-18-4-2-1-3-17(18)20-25-19(29-26-20)13-27-11-9-16(10-12-27)24-21(28)14-5-7-15(23)8-6-14/h1-8,16H,9-13H2,(H,24,28). The van der Waals surface area contributed by atoms with Crippen LogP contribution in [0.1, 0.15) is 29.1 Å². The molecular weight excluding hydrogens is 395 g/mol. The van der Waals surface area contributed by atoms with Crippen molar-refractivity contribution in [2.75, 3.05) is 13.1 Å². The SMILES string of the molecule is O=C(NC1CCN(Cc2nc(-c3ccccc3Cl)no2)CC1)c1ccc(F)cc1. The van der Waals surface area contributed by atoms with Crippen molar-refractivity contribution >= 4 is 17.5 Å². The Morgan fingerprint density at radius 2 is 1.90 bits per heavy atom. The van der Waals surface area contributed by atoms with E-state index >= 15 is 0 Å². The molecule has 0 radical (unpaired) electrons. The lowest BCUT2D eigenvalue weighted by Gasteiger charge is -2.31. The summed E-state index contributed by atoms with van der Waals surface area (Å²) >= 11 is 6.18. The van der Waals surface area contributed by atoms with Crippen molar-refractivity contribution in [2.45, 2.75) is 25.4 Å². The van der Waals surface area contributed by atoms with Crippen LogP contribution in [0.3, 0.4) is 0 Å². The van der Waals surface area contributed by atoms with Gasteiger partial charge < -0.3 is 9.84 Å². The number of nitrogens with one attached hydrogen (secondary N) is 1. The van der Waals surface area contributed by atoms with Crippen LogP contribution in [0.4, 0.5) is 4.39 Å². The first-order chi connectivity index (χ1) is 14.1. The maximum Gasteiger partial charge on any atom is 0.251 e. The summed E-state index contributed by atoms with van der Waals surface area (Å²) in [5, 5.41) is 7.62. The lowest BCUT2D eigenvalue weighted by Crippen LogP contribution is -2.44. The highest BCUT2D eigenvalue weighted by molar-refractivity contribution is 6.33. The van der Waals surface area contributed by atoms with Crippen molar-refractivity contribution in [3.05, 3.63) is 70.8 Å². The van der Waals surface area contributed by atoms with E-state index in [0.29, 0.717) is 28.8 Å². The molecule has 1 aliphatic heterocycles. The van der Waals surface area contributed by atoms with Crippen molar-refractivity contribution in [2.24, 2.45) is 0 Å². The van der Waals surface area contributed by atoms with E-state index in [-0.39, 0.29) is 17.8 Å². The molecule has 1 aliphatic rings. The molecule has 1 fully saturated rings. The van der Waals surface area contributed by atoms with Crippen LogP contribution in [0.2, 0.25) is 5.02 Å². The summed E-state index contributed by atoms with van der Waals surface area (Å²) in [6.07, 6.45) is 1.64. The fourth-order valence-electron chi connectivity index (χ4n) is 3.37. The molecule has 2 aromatic carbocycles. The zero-order chi connectivity index (χ0) is 20.2. The number of hydrogen-bond acceptors (Lipinski definition) is 5. The average Bonchev–Trinajstić information content (AvgIpc) is 3.18. The molecule has 29 heavy (non-hydrogen) atoms. The summed E-state index contributed by atoms with van der Waals surface area (Å²) in [7, 11) is 0. The second-order valence-electron chi connectivity index (χ2n) is 7.02. The number of piperidine rings is 1. The molecule has 1 N–H and O–H groups in total. The minimum atomic E-state index is -0.353. The molecule has 0 bridgehead atoms. The number of nitrogens with zero attached hydrogens (tertiary/aromatic N) is 3. The summed E-state index contributed by atoms with van der Waals surface area (Å²) in [6.45, 7) is 2.16. The number of benzene rings is 2. The Labute approximate surface area is 172 Å². The third kappa shape index (κ3) is 4.81. The smallest absolute Gasteiger partial charge is 0.251 e. The van der Waals surface area contributed by atoms with E-state index < -0.39 is 0 Å². The fourth-order valence-corrected chi connectivity index (χ4v) is 3.59. The van der Waals surface area contributed by atoms with Gasteiger partial charge in [0, 0.05) is 30.3 Å². The van der Waals surface area contributed by atoms with E-state index in [1.807, 2.05) is 18.2 Å². The average molecular weight is 415 g/mol. The van der Waals surface area contributed by atoms with Gasteiger partial charge in [-0.25, -0.2) is 4.39 Å². The van der Waals surface area contributed by atoms with Gasteiger partial charge in [-0.2, -0.15) is 4.98 Å². The Bertz CT molecular complexity index is 984. The highest BCUT2D eigenvalue weighted by Gasteiger charge is 2.23. The molecule has 8 heteroatoms. The number of hydrogen-bond donors (Lipinski definition) is 1. The summed E-state index contributed by atoms with van der Waals surface area (Å²) in [4.78, 5) is 18.9. The topological polar surface area (TPSA) is 71.3 Å². The number of amides is 1. The predicted molar refractivity (Wildman–Crippen MR) is 107 cm³/mol. The molecule has 1 aromatic heterocycles. The monoisotopic (exact) mass is 414 g/mol. The van der Waals surface area contributed by atoms with Crippen LogP contribution in [0.15, 0.2) is 53.1 Å². The van der Waals surface area contributed by atoms with Crippen LogP contribution in [0, 0.1) is 5.82 Å². The van der Waals surface area contributed by atoms with Crippen LogP contribution >= 0.6 is 11.6 Å². The van der Waals surface area contributed by atoms with Crippen LogP contribution in [0.5, 0.6) is 0 Å². The van der Waals surface area contributed by atoms with Crippen LogP contribution < -0.4 is 5.32 Å². The third-order valence-corrected chi connectivity index (χ3v) is 5.30. The highest BCUT2D eigenvalue weighted by Crippen LogP contribution is 2.25. The van der Waals surface area contributed by atoms with Gasteiger partial charge in [0.1, 0.15) is 5.82 Å². The molecule has 0 spiro atoms. The number of carbonyl (C=O) groups is 1. The Morgan fingerprint density at radius 3 is 2.62 bits per heavy atom. The zero-order valence-electron chi connectivity index (χ0n) is 15.6. The fraction of sp³-hybridized carbons (Fsp3) is 0.286. The number of halogens is 2. The zero-order valence-corrected chi connectivity index (χ0v) is 16.4. The maximum atomic E-state index is 13.0. The van der Waals surface area contributed by atoms with Crippen molar-refractivity contribution in [3.8, 4) is 11.4 Å². The Morgan fingerprint density at radius 1 is 1.17 bits per heavy atom. The van der Waals surface area contributed by atoms with Gasteiger partial charge >= 0.3 is 0 Å². The number of aromatic nitrogens is 2. The van der Waals surface area contributed by atoms with Crippen molar-refractivity contribution in [3.63, 3.8) is 0 Å². The van der Waals surface area contributed by atoms with E-state index in [9.17, 15) is 9.18 Å². The van der Waals surface area contributed by atoms with Gasteiger partial charge in [0.2, 0.25) is 11.7 Å². The lowest BCUT2D eigenvalue weighted by molar-refractivity contribution is 0.0904. The molecule has 0 atom stereocenters. The second-order valence-corrected chi connectivity index (χ2v) is 7.43. The molecule has 1 amide bonds. The van der Waals surface area contributed by atoms with Gasteiger partial charge in [-0.3, -0.25) is 9.69 Å². The van der Waals surface area contributed by atoms with Crippen molar-refractivity contribution in [1.29, 1.82) is 0 Å². The first-order valence-corrected chi connectivity index (χ1v) is 9.82. The van der Waals surface area contributed by atoms with Gasteiger partial charge in [-0.1, -0.05) is 28.9 Å². The number of likely N-dealkylation sites (tertiary alicyclic amines) is 1. The molecule has 4 rings (SSSR count). The number of rotatable bonds is 5. The molecule has 3 aromatic rings. The van der Waals surface area contributed by atoms with Crippen LogP contribution in [0.25, 0.3) is 11.4 Å². The normalized spacial score (nSPS) is 15.4. The van der Waals surface area contributed by atoms with Crippen LogP contribution in [-0.2, 0) is 6.54 Å². The summed E-state index contributed by atoms with van der Waals surface area (Å²) in [5.74, 6) is 0.485. The number of carbonyl (C=O) groups excluding carboxylic acids is 1. The van der Waals surface area contributed by atoms with Gasteiger partial charge in [-0.15, -0.1) is 0 Å². The Balaban J connectivity index is 1.29. The Hall–Kier alpha value is -2.77. The maximum absolute atomic E-state index is 13.0. The molecule has 0 aliphatic carbocycles. The molecule has 150 valence electrons. The van der Waals surface area contributed by atoms with E-state index in [2.05, 4.69) is 20.4 Å². The Kier molecular flexibility index (Phi) is 5.87. The van der Waals surface area contributed by atoms with Crippen molar-refractivity contribution in [1.82, 2.24) is 20.4 Å². The first-order valence-electron chi connectivity index (χ1n) is 9.45. The lowest BCUT2D eigenvalue weighted by atomic mass is 10.0. The quantitative estimate of drug-likeness (QED) is 0.685. The molecule has 6 nitrogen and oxygen atoms in total. The molecule has 0 saturated carbocycles. The predicted octanol–water partition coefficient (Wildman–Crippen LogP) is 3.92. The summed E-state index contributed by atoms with van der Waals surface area (Å²) < 4.78 is 18.4. The minimum absolute atomic E-state index is 0.0881. The van der Waals surface area contributed by atoms with Gasteiger partial charge in [0.05, 0.1) is 11.6 Å².